The minimum Gasteiger partial charge on any atom is -0.507 e. The van der Waals surface area contributed by atoms with Crippen LogP contribution in [0.25, 0.3) is 0 Å². The van der Waals surface area contributed by atoms with E-state index in [1.54, 1.807) is 6.07 Å². The third-order valence-electron chi connectivity index (χ3n) is 4.55. The molecule has 0 spiro atoms. The van der Waals surface area contributed by atoms with Crippen molar-refractivity contribution in [1.29, 1.82) is 0 Å². The van der Waals surface area contributed by atoms with Crippen LogP contribution in [0.1, 0.15) is 58.2 Å². The molecule has 2 rings (SSSR count). The van der Waals surface area contributed by atoms with Crippen LogP contribution in [0.2, 0.25) is 5.02 Å². The number of hydrazone groups is 1. The lowest BCUT2D eigenvalue weighted by molar-refractivity contribution is 0.402. The van der Waals surface area contributed by atoms with Crippen LogP contribution in [0.3, 0.4) is 0 Å². The Morgan fingerprint density at radius 2 is 1.57 bits per heavy atom. The fourth-order valence-electron chi connectivity index (χ4n) is 2.95. The van der Waals surface area contributed by atoms with E-state index >= 15 is 0 Å². The SMILES string of the molecule is COc1ccc(Cl)cc1S(=O)(=O)N/N=C/c1cc(C(C)(C)C)c(O)c(C(C)(C)C)c1. The molecular formula is C22H29ClN2O4S. The van der Waals surface area contributed by atoms with Crippen LogP contribution in [0.15, 0.2) is 40.3 Å². The van der Waals surface area contributed by atoms with Gasteiger partial charge in [0.25, 0.3) is 10.0 Å². The Kier molecular flexibility index (Phi) is 6.79. The molecule has 8 heteroatoms. The molecule has 0 bridgehead atoms. The molecule has 0 fully saturated rings. The van der Waals surface area contributed by atoms with E-state index in [0.717, 1.165) is 11.1 Å². The molecule has 0 aliphatic carbocycles. The lowest BCUT2D eigenvalue weighted by atomic mass is 9.78. The topological polar surface area (TPSA) is 88.0 Å². The van der Waals surface area contributed by atoms with Gasteiger partial charge in [-0.2, -0.15) is 18.4 Å². The molecule has 0 saturated carbocycles. The van der Waals surface area contributed by atoms with Crippen molar-refractivity contribution in [2.45, 2.75) is 57.3 Å². The number of methoxy groups -OCH3 is 1. The van der Waals surface area contributed by atoms with Crippen molar-refractivity contribution in [3.8, 4) is 11.5 Å². The lowest BCUT2D eigenvalue weighted by Gasteiger charge is -2.27. The molecule has 0 radical (unpaired) electrons. The molecule has 0 amide bonds. The van der Waals surface area contributed by atoms with Gasteiger partial charge in [0.1, 0.15) is 16.4 Å². The normalized spacial score (nSPS) is 12.9. The number of hydrogen-bond donors (Lipinski definition) is 2. The number of benzene rings is 2. The van der Waals surface area contributed by atoms with Gasteiger partial charge in [0.15, 0.2) is 0 Å². The van der Waals surface area contributed by atoms with Gasteiger partial charge in [0, 0.05) is 16.1 Å². The molecule has 2 N–H and O–H groups in total. The number of nitrogens with one attached hydrogen (secondary N) is 1. The Morgan fingerprint density at radius 1 is 1.03 bits per heavy atom. The van der Waals surface area contributed by atoms with Crippen molar-refractivity contribution < 1.29 is 18.3 Å². The molecule has 0 unspecified atom stereocenters. The van der Waals surface area contributed by atoms with Crippen LogP contribution in [0, 0.1) is 0 Å². The Bertz CT molecular complexity index is 1030. The predicted octanol–water partition coefficient (Wildman–Crippen LogP) is 4.96. The zero-order chi connectivity index (χ0) is 22.9. The molecule has 2 aromatic rings. The number of nitrogens with zero attached hydrogens (tertiary/aromatic N) is 1. The van der Waals surface area contributed by atoms with Gasteiger partial charge in [-0.1, -0.05) is 53.1 Å². The van der Waals surface area contributed by atoms with Crippen LogP contribution in [0.4, 0.5) is 0 Å². The first-order chi connectivity index (χ1) is 13.7. The fourth-order valence-corrected chi connectivity index (χ4v) is 4.18. The Hall–Kier alpha value is -2.25. The Balaban J connectivity index is 2.44. The molecule has 164 valence electrons. The predicted molar refractivity (Wildman–Crippen MR) is 121 cm³/mol. The first kappa shape index (κ1) is 24.0. The zero-order valence-corrected chi connectivity index (χ0v) is 19.9. The molecule has 0 atom stereocenters. The van der Waals surface area contributed by atoms with Gasteiger partial charge in [0.2, 0.25) is 0 Å². The monoisotopic (exact) mass is 452 g/mol. The van der Waals surface area contributed by atoms with Gasteiger partial charge in [-0.3, -0.25) is 0 Å². The van der Waals surface area contributed by atoms with Crippen molar-refractivity contribution in [3.05, 3.63) is 52.0 Å². The lowest BCUT2D eigenvalue weighted by Crippen LogP contribution is -2.20. The molecule has 0 aromatic heterocycles. The number of halogens is 1. The number of ether oxygens (including phenoxy) is 1. The number of rotatable bonds is 5. The standard InChI is InChI=1S/C22H29ClN2O4S/c1-21(2,3)16-10-14(11-17(20(16)26)22(4,5)6)13-24-25-30(27,28)19-12-15(23)8-9-18(19)29-7/h8-13,25-26H,1-7H3/b24-13+. The summed E-state index contributed by atoms with van der Waals surface area (Å²) in [5.74, 6) is 0.410. The van der Waals surface area contributed by atoms with E-state index in [1.165, 1.54) is 25.5 Å². The molecule has 0 saturated heterocycles. The van der Waals surface area contributed by atoms with Crippen molar-refractivity contribution in [1.82, 2.24) is 4.83 Å². The van der Waals surface area contributed by atoms with Crippen LogP contribution >= 0.6 is 11.6 Å². The second-order valence-corrected chi connectivity index (χ2v) is 11.2. The summed E-state index contributed by atoms with van der Waals surface area (Å²) in [5, 5.41) is 15.0. The smallest absolute Gasteiger partial charge is 0.280 e. The number of aromatic hydroxyl groups is 1. The number of phenols is 1. The van der Waals surface area contributed by atoms with E-state index in [4.69, 9.17) is 16.3 Å². The van der Waals surface area contributed by atoms with Gasteiger partial charge in [0.05, 0.1) is 13.3 Å². The second-order valence-electron chi connectivity index (χ2n) is 9.11. The van der Waals surface area contributed by atoms with E-state index < -0.39 is 10.0 Å². The van der Waals surface area contributed by atoms with Crippen molar-refractivity contribution in [2.24, 2.45) is 5.10 Å². The van der Waals surface area contributed by atoms with E-state index in [0.29, 0.717) is 5.56 Å². The van der Waals surface area contributed by atoms with Gasteiger partial charge in [-0.25, -0.2) is 0 Å². The molecule has 0 aliphatic rings. The number of phenolic OH excluding ortho intramolecular Hbond substituents is 1. The summed E-state index contributed by atoms with van der Waals surface area (Å²) in [6.45, 7) is 12.0. The van der Waals surface area contributed by atoms with Crippen LogP contribution in [-0.4, -0.2) is 26.8 Å². The van der Waals surface area contributed by atoms with Crippen LogP contribution < -0.4 is 9.57 Å². The first-order valence-corrected chi connectivity index (χ1v) is 11.3. The molecule has 0 heterocycles. The highest BCUT2D eigenvalue weighted by atomic mass is 35.5. The largest absolute Gasteiger partial charge is 0.507 e. The minimum atomic E-state index is -3.99. The van der Waals surface area contributed by atoms with Gasteiger partial charge in [-0.15, -0.1) is 0 Å². The van der Waals surface area contributed by atoms with E-state index in [2.05, 4.69) is 9.93 Å². The Labute approximate surface area is 184 Å². The molecule has 0 aliphatic heterocycles. The molecule has 2 aromatic carbocycles. The number of hydrogen-bond acceptors (Lipinski definition) is 5. The van der Waals surface area contributed by atoms with Crippen molar-refractivity contribution in [2.75, 3.05) is 7.11 Å². The average molecular weight is 453 g/mol. The summed E-state index contributed by atoms with van der Waals surface area (Å²) in [6.07, 6.45) is 1.42. The van der Waals surface area contributed by atoms with Crippen molar-refractivity contribution >= 4 is 27.8 Å². The maximum atomic E-state index is 12.7. The van der Waals surface area contributed by atoms with Crippen LogP contribution in [-0.2, 0) is 20.9 Å². The number of sulfonamides is 1. The summed E-state index contributed by atoms with van der Waals surface area (Å²) in [5.41, 5.74) is 1.58. The quantitative estimate of drug-likeness (QED) is 0.495. The van der Waals surface area contributed by atoms with Gasteiger partial charge >= 0.3 is 0 Å². The van der Waals surface area contributed by atoms with Gasteiger partial charge in [-0.05, 0) is 46.7 Å². The second kappa shape index (κ2) is 8.47. The summed E-state index contributed by atoms with van der Waals surface area (Å²) < 4.78 is 30.4. The first-order valence-electron chi connectivity index (χ1n) is 9.43. The summed E-state index contributed by atoms with van der Waals surface area (Å²) in [4.78, 5) is 2.09. The van der Waals surface area contributed by atoms with E-state index in [1.807, 2.05) is 53.7 Å². The highest BCUT2D eigenvalue weighted by Crippen LogP contribution is 2.39. The maximum absolute atomic E-state index is 12.7. The van der Waals surface area contributed by atoms with Crippen LogP contribution in [0.5, 0.6) is 11.5 Å². The van der Waals surface area contributed by atoms with Crippen molar-refractivity contribution in [3.63, 3.8) is 0 Å². The zero-order valence-electron chi connectivity index (χ0n) is 18.4. The third kappa shape index (κ3) is 5.46. The highest BCUT2D eigenvalue weighted by molar-refractivity contribution is 7.89. The molecule has 6 nitrogen and oxygen atoms in total. The Morgan fingerprint density at radius 3 is 2.03 bits per heavy atom. The van der Waals surface area contributed by atoms with Gasteiger partial charge < -0.3 is 9.84 Å². The van der Waals surface area contributed by atoms with E-state index in [9.17, 15) is 13.5 Å². The maximum Gasteiger partial charge on any atom is 0.280 e. The summed E-state index contributed by atoms with van der Waals surface area (Å²) in [7, 11) is -2.61. The molecular weight excluding hydrogens is 424 g/mol. The molecule has 30 heavy (non-hydrogen) atoms. The highest BCUT2D eigenvalue weighted by Gasteiger charge is 2.26. The summed E-state index contributed by atoms with van der Waals surface area (Å²) >= 11 is 5.93. The minimum absolute atomic E-state index is 0.105. The van der Waals surface area contributed by atoms with E-state index in [-0.39, 0.29) is 32.2 Å². The summed E-state index contributed by atoms with van der Waals surface area (Å²) in [6, 6.07) is 7.94. The third-order valence-corrected chi connectivity index (χ3v) is 6.03. The fraction of sp³-hybridized carbons (Fsp3) is 0.409. The average Bonchev–Trinajstić information content (AvgIpc) is 2.60.